The summed E-state index contributed by atoms with van der Waals surface area (Å²) in [4.78, 5) is 13.4. The number of hydrogen-bond acceptors (Lipinski definition) is 5. The van der Waals surface area contributed by atoms with Gasteiger partial charge < -0.3 is 14.9 Å². The molecule has 0 unspecified atom stereocenters. The van der Waals surface area contributed by atoms with Gasteiger partial charge in [0.05, 0.1) is 19.8 Å². The summed E-state index contributed by atoms with van der Waals surface area (Å²) in [6, 6.07) is 3.69. The average molecular weight is 258 g/mol. The van der Waals surface area contributed by atoms with Gasteiger partial charge in [-0.1, -0.05) is 13.3 Å². The van der Waals surface area contributed by atoms with E-state index in [1.807, 2.05) is 6.07 Å². The van der Waals surface area contributed by atoms with Crippen LogP contribution in [0.5, 0.6) is 0 Å². The van der Waals surface area contributed by atoms with Gasteiger partial charge in [0.25, 0.3) is 0 Å². The lowest BCUT2D eigenvalue weighted by Crippen LogP contribution is -2.20. The van der Waals surface area contributed by atoms with Gasteiger partial charge in [0.15, 0.2) is 0 Å². The molecule has 0 aliphatic rings. The first-order valence-electron chi connectivity index (χ1n) is 5.68. The molecule has 0 saturated heterocycles. The molecule has 0 aliphatic carbocycles. The Balaban J connectivity index is 2.46. The molecule has 0 bridgehead atoms. The highest BCUT2D eigenvalue weighted by molar-refractivity contribution is 7.13. The minimum Gasteiger partial charge on any atom is -0.461 e. The van der Waals surface area contributed by atoms with Crippen molar-refractivity contribution in [1.29, 1.82) is 0 Å². The second-order valence-corrected chi connectivity index (χ2v) is 5.01. The highest BCUT2D eigenvalue weighted by Crippen LogP contribution is 2.19. The summed E-state index contributed by atoms with van der Waals surface area (Å²) in [5.74, 6) is -0.779. The van der Waals surface area contributed by atoms with Crippen LogP contribution in [-0.2, 0) is 11.2 Å². The quantitative estimate of drug-likeness (QED) is 0.727. The van der Waals surface area contributed by atoms with Crippen LogP contribution in [0.3, 0.4) is 0 Å². The molecule has 5 heteroatoms. The fraction of sp³-hybridized carbons (Fsp3) is 0.583. The Morgan fingerprint density at radius 1 is 1.41 bits per heavy atom. The molecule has 1 heterocycles. The molecule has 4 nitrogen and oxygen atoms in total. The van der Waals surface area contributed by atoms with Crippen LogP contribution in [0.15, 0.2) is 12.1 Å². The Bertz CT molecular complexity index is 344. The Hall–Kier alpha value is -0.910. The van der Waals surface area contributed by atoms with E-state index in [0.717, 1.165) is 12.8 Å². The van der Waals surface area contributed by atoms with Crippen molar-refractivity contribution < 1.29 is 19.7 Å². The van der Waals surface area contributed by atoms with Crippen molar-refractivity contribution in [1.82, 2.24) is 0 Å². The molecule has 0 spiro atoms. The van der Waals surface area contributed by atoms with E-state index < -0.39 is 5.92 Å². The van der Waals surface area contributed by atoms with Gasteiger partial charge in [-0.25, -0.2) is 4.79 Å². The predicted molar refractivity (Wildman–Crippen MR) is 66.3 cm³/mol. The maximum atomic E-state index is 11.6. The summed E-state index contributed by atoms with van der Waals surface area (Å²) < 4.78 is 5.01. The Kier molecular flexibility index (Phi) is 6.18. The minimum absolute atomic E-state index is 0.0485. The lowest BCUT2D eigenvalue weighted by molar-refractivity contribution is 0.0309. The fourth-order valence-corrected chi connectivity index (χ4v) is 2.30. The fourth-order valence-electron chi connectivity index (χ4n) is 1.30. The van der Waals surface area contributed by atoms with E-state index in [9.17, 15) is 4.79 Å². The maximum absolute atomic E-state index is 11.6. The summed E-state index contributed by atoms with van der Waals surface area (Å²) in [5.41, 5.74) is 0. The maximum Gasteiger partial charge on any atom is 0.348 e. The molecule has 0 saturated carbocycles. The van der Waals surface area contributed by atoms with Gasteiger partial charge >= 0.3 is 5.97 Å². The number of aryl methyl sites for hydroxylation is 1. The summed E-state index contributed by atoms with van der Waals surface area (Å²) in [7, 11) is 0. The van der Waals surface area contributed by atoms with Crippen molar-refractivity contribution in [2.24, 2.45) is 5.92 Å². The van der Waals surface area contributed by atoms with Crippen LogP contribution in [-0.4, -0.2) is 36.0 Å². The van der Waals surface area contributed by atoms with Gasteiger partial charge in [0, 0.05) is 10.8 Å². The van der Waals surface area contributed by atoms with Gasteiger partial charge in [-0.15, -0.1) is 11.3 Å². The van der Waals surface area contributed by atoms with Crippen LogP contribution in [0.25, 0.3) is 0 Å². The van der Waals surface area contributed by atoms with E-state index in [1.165, 1.54) is 16.2 Å². The number of ether oxygens (including phenoxy) is 1. The average Bonchev–Trinajstić information content (AvgIpc) is 2.79. The summed E-state index contributed by atoms with van der Waals surface area (Å²) in [6.45, 7) is 1.77. The lowest BCUT2D eigenvalue weighted by atomic mass is 10.2. The van der Waals surface area contributed by atoms with Crippen LogP contribution in [0.4, 0.5) is 0 Å². The highest BCUT2D eigenvalue weighted by Gasteiger charge is 2.13. The zero-order valence-electron chi connectivity index (χ0n) is 9.89. The number of rotatable bonds is 7. The summed E-state index contributed by atoms with van der Waals surface area (Å²) in [6.07, 6.45) is 2.01. The van der Waals surface area contributed by atoms with E-state index in [1.54, 1.807) is 6.07 Å². The number of carbonyl (C=O) groups excluding carboxylic acids is 1. The predicted octanol–water partition coefficient (Wildman–Crippen LogP) is 1.46. The van der Waals surface area contributed by atoms with Gasteiger partial charge in [-0.2, -0.15) is 0 Å². The molecule has 96 valence electrons. The van der Waals surface area contributed by atoms with Crippen molar-refractivity contribution in [2.75, 3.05) is 19.8 Å². The molecule has 1 rings (SSSR count). The second-order valence-electron chi connectivity index (χ2n) is 3.85. The lowest BCUT2D eigenvalue weighted by Gasteiger charge is -2.10. The first-order valence-corrected chi connectivity index (χ1v) is 6.50. The van der Waals surface area contributed by atoms with E-state index in [-0.39, 0.29) is 25.8 Å². The number of aliphatic hydroxyl groups excluding tert-OH is 2. The highest BCUT2D eigenvalue weighted by atomic mass is 32.1. The van der Waals surface area contributed by atoms with E-state index in [4.69, 9.17) is 14.9 Å². The molecule has 0 aromatic carbocycles. The number of carbonyl (C=O) groups is 1. The van der Waals surface area contributed by atoms with Gasteiger partial charge in [-0.05, 0) is 18.6 Å². The van der Waals surface area contributed by atoms with Crippen LogP contribution in [0.2, 0.25) is 0 Å². The molecular weight excluding hydrogens is 240 g/mol. The Labute approximate surface area is 105 Å². The van der Waals surface area contributed by atoms with Crippen LogP contribution < -0.4 is 0 Å². The van der Waals surface area contributed by atoms with Crippen LogP contribution >= 0.6 is 11.3 Å². The van der Waals surface area contributed by atoms with E-state index in [0.29, 0.717) is 4.88 Å². The monoisotopic (exact) mass is 258 g/mol. The molecule has 1 aromatic heterocycles. The number of hydrogen-bond donors (Lipinski definition) is 2. The molecule has 0 aliphatic heterocycles. The van der Waals surface area contributed by atoms with E-state index in [2.05, 4.69) is 6.92 Å². The third kappa shape index (κ3) is 4.46. The van der Waals surface area contributed by atoms with Crippen LogP contribution in [0, 0.1) is 5.92 Å². The number of esters is 1. The van der Waals surface area contributed by atoms with Crippen molar-refractivity contribution >= 4 is 17.3 Å². The molecule has 0 atom stereocenters. The standard InChI is InChI=1S/C12H18O4S/c1-2-3-10-4-5-11(17-10)12(15)16-8-9(6-13)7-14/h4-5,9,13-14H,2-3,6-8H2,1H3. The van der Waals surface area contributed by atoms with Crippen molar-refractivity contribution in [3.8, 4) is 0 Å². The Morgan fingerprint density at radius 3 is 2.71 bits per heavy atom. The van der Waals surface area contributed by atoms with E-state index >= 15 is 0 Å². The molecule has 0 amide bonds. The number of aliphatic hydroxyl groups is 2. The third-order valence-electron chi connectivity index (χ3n) is 2.33. The largest absolute Gasteiger partial charge is 0.461 e. The molecule has 1 aromatic rings. The van der Waals surface area contributed by atoms with Crippen LogP contribution in [0.1, 0.15) is 27.9 Å². The second kappa shape index (κ2) is 7.42. The zero-order valence-corrected chi connectivity index (χ0v) is 10.7. The van der Waals surface area contributed by atoms with Gasteiger partial charge in [0.1, 0.15) is 4.88 Å². The van der Waals surface area contributed by atoms with Crippen molar-refractivity contribution in [3.05, 3.63) is 21.9 Å². The number of thiophene rings is 1. The first-order chi connectivity index (χ1) is 8.21. The molecule has 2 N–H and O–H groups in total. The molecular formula is C12H18O4S. The van der Waals surface area contributed by atoms with Gasteiger partial charge in [-0.3, -0.25) is 0 Å². The smallest absolute Gasteiger partial charge is 0.348 e. The van der Waals surface area contributed by atoms with Crippen molar-refractivity contribution in [2.45, 2.75) is 19.8 Å². The minimum atomic E-state index is -0.394. The molecule has 0 fully saturated rings. The SMILES string of the molecule is CCCc1ccc(C(=O)OCC(CO)CO)s1. The Morgan fingerprint density at radius 2 is 2.12 bits per heavy atom. The molecule has 17 heavy (non-hydrogen) atoms. The molecule has 0 radical (unpaired) electrons. The van der Waals surface area contributed by atoms with Crippen molar-refractivity contribution in [3.63, 3.8) is 0 Å². The van der Waals surface area contributed by atoms with Gasteiger partial charge in [0.2, 0.25) is 0 Å². The summed E-state index contributed by atoms with van der Waals surface area (Å²) >= 11 is 1.43. The first kappa shape index (κ1) is 14.2. The summed E-state index contributed by atoms with van der Waals surface area (Å²) in [5, 5.41) is 17.7. The topological polar surface area (TPSA) is 66.8 Å². The normalized spacial score (nSPS) is 10.8. The third-order valence-corrected chi connectivity index (χ3v) is 3.45. The zero-order chi connectivity index (χ0) is 12.7.